The summed E-state index contributed by atoms with van der Waals surface area (Å²) < 4.78 is 1.59. The van der Waals surface area contributed by atoms with Gasteiger partial charge in [0.05, 0.1) is 22.8 Å². The highest BCUT2D eigenvalue weighted by Crippen LogP contribution is 2.29. The van der Waals surface area contributed by atoms with Crippen molar-refractivity contribution in [2.75, 3.05) is 5.43 Å². The second-order valence-electron chi connectivity index (χ2n) is 7.20. The van der Waals surface area contributed by atoms with Gasteiger partial charge < -0.3 is 4.98 Å². The molecular weight excluding hydrogens is 386 g/mol. The molecule has 0 atom stereocenters. The van der Waals surface area contributed by atoms with Gasteiger partial charge in [0.25, 0.3) is 5.56 Å². The predicted octanol–water partition coefficient (Wildman–Crippen LogP) is 5.01. The molecule has 5 aromatic rings. The number of nitrogens with one attached hydrogen (secondary N) is 2. The van der Waals surface area contributed by atoms with Crippen molar-refractivity contribution in [1.29, 1.82) is 0 Å². The van der Waals surface area contributed by atoms with E-state index in [1.807, 2.05) is 61.5 Å². The monoisotopic (exact) mass is 407 g/mol. The summed E-state index contributed by atoms with van der Waals surface area (Å²) in [5, 5.41) is 6.13. The maximum Gasteiger partial charge on any atom is 0.262 e. The maximum absolute atomic E-state index is 12.8. The molecule has 0 aliphatic rings. The molecule has 0 saturated heterocycles. The highest BCUT2D eigenvalue weighted by Gasteiger charge is 2.12. The number of nitrogens with zero attached hydrogens (tertiary/aromatic N) is 3. The maximum atomic E-state index is 12.8. The molecule has 0 spiro atoms. The Bertz CT molecular complexity index is 1460. The zero-order chi connectivity index (χ0) is 21.2. The van der Waals surface area contributed by atoms with E-state index >= 15 is 0 Å². The SMILES string of the molecule is CCn1c(N/N=C/c2c(-c3ccccc3)[nH]c3ccccc23)nc2ccccc2c1=O. The molecule has 2 heterocycles. The van der Waals surface area contributed by atoms with Crippen LogP contribution in [0.5, 0.6) is 0 Å². The Kier molecular flexibility index (Phi) is 4.80. The molecular formula is C25H21N5O. The lowest BCUT2D eigenvalue weighted by molar-refractivity contribution is 0.724. The van der Waals surface area contributed by atoms with Crippen molar-refractivity contribution in [3.05, 3.63) is 94.8 Å². The van der Waals surface area contributed by atoms with E-state index in [1.165, 1.54) is 0 Å². The van der Waals surface area contributed by atoms with E-state index < -0.39 is 0 Å². The first kappa shape index (κ1) is 18.8. The van der Waals surface area contributed by atoms with Crippen molar-refractivity contribution < 1.29 is 0 Å². The number of para-hydroxylation sites is 2. The Balaban J connectivity index is 1.57. The Morgan fingerprint density at radius 3 is 2.48 bits per heavy atom. The molecule has 0 fully saturated rings. The van der Waals surface area contributed by atoms with Crippen molar-refractivity contribution in [1.82, 2.24) is 14.5 Å². The number of fused-ring (bicyclic) bond motifs is 2. The van der Waals surface area contributed by atoms with E-state index in [9.17, 15) is 4.79 Å². The van der Waals surface area contributed by atoms with Crippen molar-refractivity contribution in [2.24, 2.45) is 5.10 Å². The smallest absolute Gasteiger partial charge is 0.262 e. The highest BCUT2D eigenvalue weighted by molar-refractivity contribution is 6.06. The van der Waals surface area contributed by atoms with Gasteiger partial charge >= 0.3 is 0 Å². The minimum absolute atomic E-state index is 0.0807. The van der Waals surface area contributed by atoms with E-state index in [0.717, 1.165) is 27.7 Å². The lowest BCUT2D eigenvalue weighted by Crippen LogP contribution is -2.23. The van der Waals surface area contributed by atoms with E-state index in [4.69, 9.17) is 0 Å². The third-order valence-corrected chi connectivity index (χ3v) is 5.34. The van der Waals surface area contributed by atoms with Crippen molar-refractivity contribution >= 4 is 34.0 Å². The Morgan fingerprint density at radius 2 is 1.68 bits per heavy atom. The number of anilines is 1. The molecule has 0 saturated carbocycles. The molecule has 5 rings (SSSR count). The fourth-order valence-corrected chi connectivity index (χ4v) is 3.83. The van der Waals surface area contributed by atoms with Crippen LogP contribution in [0.25, 0.3) is 33.1 Å². The summed E-state index contributed by atoms with van der Waals surface area (Å²) in [6, 6.07) is 25.6. The summed E-state index contributed by atoms with van der Waals surface area (Å²) in [5.41, 5.74) is 7.63. The van der Waals surface area contributed by atoms with Crippen LogP contribution in [0.1, 0.15) is 12.5 Å². The van der Waals surface area contributed by atoms with Crippen LogP contribution in [-0.4, -0.2) is 20.7 Å². The number of hydrogen-bond donors (Lipinski definition) is 2. The molecule has 2 aromatic heterocycles. The number of hydrogen-bond acceptors (Lipinski definition) is 4. The van der Waals surface area contributed by atoms with Crippen LogP contribution in [0.4, 0.5) is 5.95 Å². The van der Waals surface area contributed by atoms with Gasteiger partial charge in [0, 0.05) is 23.0 Å². The lowest BCUT2D eigenvalue weighted by atomic mass is 10.1. The van der Waals surface area contributed by atoms with Crippen molar-refractivity contribution in [2.45, 2.75) is 13.5 Å². The van der Waals surface area contributed by atoms with E-state index in [2.05, 4.69) is 38.7 Å². The van der Waals surface area contributed by atoms with Crippen LogP contribution in [0.15, 0.2) is 88.8 Å². The van der Waals surface area contributed by atoms with Gasteiger partial charge in [-0.05, 0) is 30.7 Å². The van der Waals surface area contributed by atoms with Gasteiger partial charge in [0.2, 0.25) is 5.95 Å². The van der Waals surface area contributed by atoms with Crippen LogP contribution in [-0.2, 0) is 6.54 Å². The molecule has 0 amide bonds. The van der Waals surface area contributed by atoms with Gasteiger partial charge in [-0.2, -0.15) is 5.10 Å². The van der Waals surface area contributed by atoms with Crippen molar-refractivity contribution in [3.63, 3.8) is 0 Å². The zero-order valence-electron chi connectivity index (χ0n) is 17.0. The second-order valence-corrected chi connectivity index (χ2v) is 7.20. The molecule has 3 aromatic carbocycles. The molecule has 0 aliphatic carbocycles. The molecule has 0 aliphatic heterocycles. The summed E-state index contributed by atoms with van der Waals surface area (Å²) in [4.78, 5) is 20.9. The first-order chi connectivity index (χ1) is 15.3. The van der Waals surface area contributed by atoms with Crippen molar-refractivity contribution in [3.8, 4) is 11.3 Å². The molecule has 2 N–H and O–H groups in total. The van der Waals surface area contributed by atoms with Gasteiger partial charge in [-0.3, -0.25) is 9.36 Å². The Labute approximate surface area is 178 Å². The number of hydrazone groups is 1. The average molecular weight is 407 g/mol. The van der Waals surface area contributed by atoms with Crippen LogP contribution < -0.4 is 11.0 Å². The Hall–Kier alpha value is -4.19. The predicted molar refractivity (Wildman–Crippen MR) is 127 cm³/mol. The molecule has 6 nitrogen and oxygen atoms in total. The minimum atomic E-state index is -0.0807. The average Bonchev–Trinajstić information content (AvgIpc) is 3.19. The molecule has 6 heteroatoms. The molecule has 0 bridgehead atoms. The number of benzene rings is 3. The highest BCUT2D eigenvalue weighted by atomic mass is 16.1. The Morgan fingerprint density at radius 1 is 0.968 bits per heavy atom. The van der Waals surface area contributed by atoms with E-state index in [1.54, 1.807) is 16.8 Å². The third kappa shape index (κ3) is 3.38. The number of aromatic amines is 1. The van der Waals surface area contributed by atoms with Gasteiger partial charge in [-0.25, -0.2) is 10.4 Å². The molecule has 0 unspecified atom stereocenters. The normalized spacial score (nSPS) is 11.5. The van der Waals surface area contributed by atoms with Gasteiger partial charge in [-0.1, -0.05) is 60.7 Å². The van der Waals surface area contributed by atoms with Crippen LogP contribution in [0.2, 0.25) is 0 Å². The first-order valence-corrected chi connectivity index (χ1v) is 10.2. The van der Waals surface area contributed by atoms with Crippen LogP contribution in [0.3, 0.4) is 0 Å². The van der Waals surface area contributed by atoms with Gasteiger partial charge in [0.1, 0.15) is 0 Å². The van der Waals surface area contributed by atoms with Gasteiger partial charge in [0.15, 0.2) is 0 Å². The molecule has 31 heavy (non-hydrogen) atoms. The number of H-pyrrole nitrogens is 1. The largest absolute Gasteiger partial charge is 0.354 e. The third-order valence-electron chi connectivity index (χ3n) is 5.34. The zero-order valence-corrected chi connectivity index (χ0v) is 17.0. The topological polar surface area (TPSA) is 75.1 Å². The fourth-order valence-electron chi connectivity index (χ4n) is 3.83. The van der Waals surface area contributed by atoms with E-state index in [0.29, 0.717) is 23.4 Å². The summed E-state index contributed by atoms with van der Waals surface area (Å²) in [6.45, 7) is 2.41. The summed E-state index contributed by atoms with van der Waals surface area (Å²) >= 11 is 0. The fraction of sp³-hybridized carbons (Fsp3) is 0.0800. The van der Waals surface area contributed by atoms with E-state index in [-0.39, 0.29) is 5.56 Å². The van der Waals surface area contributed by atoms with Gasteiger partial charge in [-0.15, -0.1) is 0 Å². The number of aromatic nitrogens is 3. The standard InChI is InChI=1S/C25H21N5O/c1-2-30-24(31)19-13-7-9-15-22(19)28-25(30)29-26-16-20-18-12-6-8-14-21(18)27-23(20)17-10-4-3-5-11-17/h3-16,27H,2H2,1H3,(H,28,29)/b26-16+. The molecule has 0 radical (unpaired) electrons. The minimum Gasteiger partial charge on any atom is -0.354 e. The quantitative estimate of drug-likeness (QED) is 0.318. The summed E-state index contributed by atoms with van der Waals surface area (Å²) in [7, 11) is 0. The molecule has 152 valence electrons. The summed E-state index contributed by atoms with van der Waals surface area (Å²) in [6.07, 6.45) is 1.78. The second kappa shape index (κ2) is 7.91. The lowest BCUT2D eigenvalue weighted by Gasteiger charge is -2.10. The van der Waals surface area contributed by atoms with Crippen LogP contribution >= 0.6 is 0 Å². The first-order valence-electron chi connectivity index (χ1n) is 10.2. The van der Waals surface area contributed by atoms with Crippen LogP contribution in [0, 0.1) is 0 Å². The number of rotatable bonds is 5. The summed E-state index contributed by atoms with van der Waals surface area (Å²) in [5.74, 6) is 0.420.